The van der Waals surface area contributed by atoms with Crippen LogP contribution in [0.2, 0.25) is 5.02 Å². The highest BCUT2D eigenvalue weighted by Crippen LogP contribution is 2.34. The van der Waals surface area contributed by atoms with Gasteiger partial charge in [-0.1, -0.05) is 11.6 Å². The number of aliphatic imine (C=N–C) groups is 1. The molecule has 0 spiro atoms. The van der Waals surface area contributed by atoms with E-state index in [0.717, 1.165) is 23.4 Å². The molecule has 3 nitrogen and oxygen atoms in total. The number of halogens is 4. The fourth-order valence-corrected chi connectivity index (χ4v) is 2.54. The molecular weight excluding hydrogens is 377 g/mol. The lowest BCUT2D eigenvalue weighted by atomic mass is 10.1. The first kappa shape index (κ1) is 21.1. The summed E-state index contributed by atoms with van der Waals surface area (Å²) in [6, 6.07) is 8.01. The Labute approximate surface area is 162 Å². The summed E-state index contributed by atoms with van der Waals surface area (Å²) in [5, 5.41) is 0.0670. The van der Waals surface area contributed by atoms with E-state index in [-0.39, 0.29) is 10.6 Å². The van der Waals surface area contributed by atoms with Crippen LogP contribution in [0, 0.1) is 13.8 Å². The first-order valence-electron chi connectivity index (χ1n) is 8.47. The molecule has 0 aliphatic rings. The fourth-order valence-electron chi connectivity index (χ4n) is 2.36. The van der Waals surface area contributed by atoms with Gasteiger partial charge in [0.25, 0.3) is 0 Å². The van der Waals surface area contributed by atoms with Gasteiger partial charge in [0.15, 0.2) is 0 Å². The Morgan fingerprint density at radius 3 is 2.48 bits per heavy atom. The first-order chi connectivity index (χ1) is 12.6. The second-order valence-corrected chi connectivity index (χ2v) is 6.78. The van der Waals surface area contributed by atoms with E-state index >= 15 is 0 Å². The molecule has 2 aromatic rings. The minimum atomic E-state index is -4.33. The lowest BCUT2D eigenvalue weighted by Crippen LogP contribution is -2.14. The molecule has 7 heteroatoms. The van der Waals surface area contributed by atoms with Crippen LogP contribution < -0.4 is 4.74 Å². The lowest BCUT2D eigenvalue weighted by molar-refractivity contribution is -0.127. The van der Waals surface area contributed by atoms with Crippen molar-refractivity contribution in [3.63, 3.8) is 0 Å². The second-order valence-electron chi connectivity index (χ2n) is 6.37. The highest BCUT2D eigenvalue weighted by molar-refractivity contribution is 6.31. The molecule has 0 aromatic heterocycles. The van der Waals surface area contributed by atoms with Crippen LogP contribution >= 0.6 is 11.6 Å². The molecule has 0 atom stereocenters. The van der Waals surface area contributed by atoms with E-state index in [2.05, 4.69) is 4.99 Å². The van der Waals surface area contributed by atoms with Gasteiger partial charge < -0.3 is 9.64 Å². The lowest BCUT2D eigenvalue weighted by Gasteiger charge is -2.14. The Bertz CT molecular complexity index is 835. The van der Waals surface area contributed by atoms with Gasteiger partial charge in [0, 0.05) is 18.6 Å². The van der Waals surface area contributed by atoms with Gasteiger partial charge in [-0.05, 0) is 67.8 Å². The SMILES string of the molecule is CCN(C)C=Nc1cc(C)c(Oc2ccc(Cl)c(CC(F)(F)F)c2)cc1C. The number of hydrogen-bond donors (Lipinski definition) is 0. The van der Waals surface area contributed by atoms with Crippen molar-refractivity contribution in [2.45, 2.75) is 33.4 Å². The van der Waals surface area contributed by atoms with Crippen molar-refractivity contribution in [3.8, 4) is 11.5 Å². The maximum absolute atomic E-state index is 12.7. The zero-order valence-corrected chi connectivity index (χ0v) is 16.4. The molecule has 0 saturated heterocycles. The van der Waals surface area contributed by atoms with Gasteiger partial charge in [0.2, 0.25) is 0 Å². The summed E-state index contributed by atoms with van der Waals surface area (Å²) in [5.74, 6) is 0.874. The van der Waals surface area contributed by atoms with E-state index in [4.69, 9.17) is 16.3 Å². The van der Waals surface area contributed by atoms with Crippen molar-refractivity contribution in [1.82, 2.24) is 4.90 Å². The summed E-state index contributed by atoms with van der Waals surface area (Å²) in [7, 11) is 1.93. The van der Waals surface area contributed by atoms with Crippen LogP contribution in [0.25, 0.3) is 0 Å². The van der Waals surface area contributed by atoms with Crippen molar-refractivity contribution in [2.24, 2.45) is 4.99 Å². The number of benzene rings is 2. The van der Waals surface area contributed by atoms with E-state index in [9.17, 15) is 13.2 Å². The second kappa shape index (κ2) is 8.65. The molecule has 0 fully saturated rings. The molecule has 27 heavy (non-hydrogen) atoms. The van der Waals surface area contributed by atoms with Gasteiger partial charge in [-0.15, -0.1) is 0 Å². The Morgan fingerprint density at radius 1 is 1.15 bits per heavy atom. The van der Waals surface area contributed by atoms with Crippen molar-refractivity contribution < 1.29 is 17.9 Å². The maximum Gasteiger partial charge on any atom is 0.393 e. The van der Waals surface area contributed by atoms with Crippen molar-refractivity contribution in [2.75, 3.05) is 13.6 Å². The summed E-state index contributed by atoms with van der Waals surface area (Å²) < 4.78 is 43.9. The van der Waals surface area contributed by atoms with E-state index in [1.807, 2.05) is 44.9 Å². The summed E-state index contributed by atoms with van der Waals surface area (Å²) in [4.78, 5) is 6.41. The van der Waals surface area contributed by atoms with Crippen LogP contribution in [0.4, 0.5) is 18.9 Å². The molecule has 0 heterocycles. The summed E-state index contributed by atoms with van der Waals surface area (Å²) in [6.07, 6.45) is -3.68. The molecule has 2 aromatic carbocycles. The minimum Gasteiger partial charge on any atom is -0.457 e. The molecule has 0 aliphatic carbocycles. The average molecular weight is 399 g/mol. The predicted octanol–water partition coefficient (Wildman–Crippen LogP) is 6.47. The Balaban J connectivity index is 2.26. The third-order valence-corrected chi connectivity index (χ3v) is 4.39. The molecule has 146 valence electrons. The third kappa shape index (κ3) is 6.17. The normalized spacial score (nSPS) is 11.9. The van der Waals surface area contributed by atoms with Gasteiger partial charge in [-0.25, -0.2) is 4.99 Å². The Kier molecular flexibility index (Phi) is 6.76. The summed E-state index contributed by atoms with van der Waals surface area (Å²) >= 11 is 5.88. The molecule has 0 bridgehead atoms. The van der Waals surface area contributed by atoms with E-state index < -0.39 is 12.6 Å². The zero-order valence-electron chi connectivity index (χ0n) is 15.7. The quantitative estimate of drug-likeness (QED) is 0.411. The van der Waals surface area contributed by atoms with Crippen LogP contribution in [0.3, 0.4) is 0 Å². The summed E-state index contributed by atoms with van der Waals surface area (Å²) in [5.41, 5.74) is 2.54. The standard InChI is InChI=1S/C20H22ClF3N2O/c1-5-26(4)12-25-18-8-14(3)19(9-13(18)2)27-16-6-7-17(21)15(10-16)11-20(22,23)24/h6-10,12H,5,11H2,1-4H3. The van der Waals surface area contributed by atoms with Crippen LogP contribution in [-0.2, 0) is 6.42 Å². The number of aryl methyl sites for hydroxylation is 2. The third-order valence-electron chi connectivity index (χ3n) is 4.02. The maximum atomic E-state index is 12.7. The smallest absolute Gasteiger partial charge is 0.393 e. The average Bonchev–Trinajstić information content (AvgIpc) is 2.58. The van der Waals surface area contributed by atoms with Crippen LogP contribution in [0.5, 0.6) is 11.5 Å². The highest BCUT2D eigenvalue weighted by Gasteiger charge is 2.29. The van der Waals surface area contributed by atoms with E-state index in [1.54, 1.807) is 12.4 Å². The highest BCUT2D eigenvalue weighted by atomic mass is 35.5. The van der Waals surface area contributed by atoms with Crippen molar-refractivity contribution >= 4 is 23.6 Å². The topological polar surface area (TPSA) is 24.8 Å². The van der Waals surface area contributed by atoms with E-state index in [0.29, 0.717) is 11.5 Å². The largest absolute Gasteiger partial charge is 0.457 e. The molecular formula is C20H22ClF3N2O. The van der Waals surface area contributed by atoms with E-state index in [1.165, 1.54) is 12.1 Å². The number of nitrogens with zero attached hydrogens (tertiary/aromatic N) is 2. The molecule has 2 rings (SSSR count). The van der Waals surface area contributed by atoms with Crippen LogP contribution in [-0.4, -0.2) is 31.0 Å². The number of ether oxygens (including phenoxy) is 1. The zero-order chi connectivity index (χ0) is 20.2. The van der Waals surface area contributed by atoms with Gasteiger partial charge >= 0.3 is 6.18 Å². The summed E-state index contributed by atoms with van der Waals surface area (Å²) in [6.45, 7) is 6.64. The molecule has 0 radical (unpaired) electrons. The molecule has 0 amide bonds. The van der Waals surface area contributed by atoms with Crippen LogP contribution in [0.1, 0.15) is 23.6 Å². The molecule has 0 aliphatic heterocycles. The minimum absolute atomic E-state index is 0.0140. The van der Waals surface area contributed by atoms with Crippen molar-refractivity contribution in [3.05, 3.63) is 52.0 Å². The van der Waals surface area contributed by atoms with Crippen molar-refractivity contribution in [1.29, 1.82) is 0 Å². The number of rotatable bonds is 6. The van der Waals surface area contributed by atoms with Gasteiger partial charge in [0.05, 0.1) is 18.4 Å². The monoisotopic (exact) mass is 398 g/mol. The molecule has 0 saturated carbocycles. The molecule has 0 unspecified atom stereocenters. The Hall–Kier alpha value is -2.21. The fraction of sp³-hybridized carbons (Fsp3) is 0.350. The van der Waals surface area contributed by atoms with Gasteiger partial charge in [-0.2, -0.15) is 13.2 Å². The number of hydrogen-bond acceptors (Lipinski definition) is 2. The molecule has 0 N–H and O–H groups in total. The first-order valence-corrected chi connectivity index (χ1v) is 8.85. The van der Waals surface area contributed by atoms with Gasteiger partial charge in [-0.3, -0.25) is 0 Å². The Morgan fingerprint density at radius 2 is 1.85 bits per heavy atom. The van der Waals surface area contributed by atoms with Gasteiger partial charge in [0.1, 0.15) is 11.5 Å². The number of alkyl halides is 3. The van der Waals surface area contributed by atoms with Crippen LogP contribution in [0.15, 0.2) is 35.3 Å². The predicted molar refractivity (Wildman–Crippen MR) is 104 cm³/mol.